The number of nitrogens with one attached hydrogen (secondary N) is 1. The van der Waals surface area contributed by atoms with Gasteiger partial charge in [-0.1, -0.05) is 25.1 Å². The van der Waals surface area contributed by atoms with Crippen LogP contribution in [0, 0.1) is 11.8 Å². The molecule has 1 aromatic carbocycles. The maximum atomic E-state index is 12.5. The molecule has 1 saturated heterocycles. The van der Waals surface area contributed by atoms with Crippen LogP contribution in [0.5, 0.6) is 5.75 Å². The van der Waals surface area contributed by atoms with Gasteiger partial charge in [0.1, 0.15) is 11.4 Å². The van der Waals surface area contributed by atoms with Gasteiger partial charge >= 0.3 is 0 Å². The Balaban J connectivity index is 1.53. The van der Waals surface area contributed by atoms with Gasteiger partial charge in [0.2, 0.25) is 5.91 Å². The number of para-hydroxylation sites is 1. The number of carbonyl (C=O) groups excluding carboxylic acids is 1. The van der Waals surface area contributed by atoms with Gasteiger partial charge in [-0.3, -0.25) is 4.79 Å². The monoisotopic (exact) mass is 342 g/mol. The summed E-state index contributed by atoms with van der Waals surface area (Å²) < 4.78 is 6.52. The fraction of sp³-hybridized carbons (Fsp3) is 0.667. The second-order valence-corrected chi connectivity index (χ2v) is 8.54. The minimum Gasteiger partial charge on any atom is -0.487 e. The number of carbonyl (C=O) groups is 1. The minimum absolute atomic E-state index is 0.0795. The highest BCUT2D eigenvalue weighted by Gasteiger charge is 2.46. The van der Waals surface area contributed by atoms with Crippen molar-refractivity contribution in [1.29, 1.82) is 0 Å². The lowest BCUT2D eigenvalue weighted by Gasteiger charge is -2.47. The van der Waals surface area contributed by atoms with Crippen LogP contribution in [0.15, 0.2) is 24.3 Å². The SMILES string of the molecule is CC(C)N1CCC2(CC1)C[C@@H](NC(=O)[C@@H]1C[C@H]1C)c1ccccc1O2. The summed E-state index contributed by atoms with van der Waals surface area (Å²) in [5.74, 6) is 1.94. The van der Waals surface area contributed by atoms with Crippen molar-refractivity contribution in [3.8, 4) is 5.75 Å². The molecular formula is C21H30N2O2. The number of hydrogen-bond donors (Lipinski definition) is 1. The van der Waals surface area contributed by atoms with E-state index in [0.717, 1.165) is 50.1 Å². The summed E-state index contributed by atoms with van der Waals surface area (Å²) in [6, 6.07) is 8.90. The number of amides is 1. The van der Waals surface area contributed by atoms with Crippen LogP contribution < -0.4 is 10.1 Å². The molecule has 0 aromatic heterocycles. The lowest BCUT2D eigenvalue weighted by atomic mass is 9.80. The summed E-state index contributed by atoms with van der Waals surface area (Å²) in [5.41, 5.74) is 1.01. The van der Waals surface area contributed by atoms with Gasteiger partial charge in [0.25, 0.3) is 0 Å². The molecular weight excluding hydrogens is 312 g/mol. The first kappa shape index (κ1) is 16.9. The number of likely N-dealkylation sites (tertiary alicyclic amines) is 1. The molecule has 0 bridgehead atoms. The highest BCUT2D eigenvalue weighted by molar-refractivity contribution is 5.82. The van der Waals surface area contributed by atoms with Crippen molar-refractivity contribution in [2.45, 2.75) is 64.1 Å². The summed E-state index contributed by atoms with van der Waals surface area (Å²) in [6.45, 7) is 8.81. The van der Waals surface area contributed by atoms with Crippen LogP contribution >= 0.6 is 0 Å². The Labute approximate surface area is 150 Å². The molecule has 4 nitrogen and oxygen atoms in total. The number of nitrogens with zero attached hydrogens (tertiary/aromatic N) is 1. The van der Waals surface area contributed by atoms with E-state index in [2.05, 4.69) is 43.1 Å². The number of ether oxygens (including phenoxy) is 1. The molecule has 4 heteroatoms. The minimum atomic E-state index is -0.132. The van der Waals surface area contributed by atoms with Gasteiger partial charge in [0.05, 0.1) is 6.04 Å². The average molecular weight is 342 g/mol. The average Bonchev–Trinajstić information content (AvgIpc) is 3.32. The van der Waals surface area contributed by atoms with Crippen LogP contribution in [0.25, 0.3) is 0 Å². The lowest BCUT2D eigenvalue weighted by Crippen LogP contribution is -2.53. The normalized spacial score (nSPS) is 30.6. The summed E-state index contributed by atoms with van der Waals surface area (Å²) in [6.07, 6.45) is 3.99. The second kappa shape index (κ2) is 6.31. The fourth-order valence-corrected chi connectivity index (χ4v) is 4.47. The topological polar surface area (TPSA) is 41.6 Å². The third-order valence-electron chi connectivity index (χ3n) is 6.40. The maximum Gasteiger partial charge on any atom is 0.223 e. The molecule has 2 fully saturated rings. The second-order valence-electron chi connectivity index (χ2n) is 8.54. The van der Waals surface area contributed by atoms with Gasteiger partial charge < -0.3 is 15.0 Å². The van der Waals surface area contributed by atoms with Gasteiger partial charge in [-0.15, -0.1) is 0 Å². The van der Waals surface area contributed by atoms with Crippen molar-refractivity contribution in [2.75, 3.05) is 13.1 Å². The van der Waals surface area contributed by atoms with Crippen molar-refractivity contribution in [2.24, 2.45) is 11.8 Å². The molecule has 2 aliphatic heterocycles. The molecule has 1 aromatic rings. The number of benzene rings is 1. The molecule has 4 rings (SSSR count). The molecule has 1 aliphatic carbocycles. The molecule has 3 aliphatic rings. The Kier molecular flexibility index (Phi) is 4.27. The van der Waals surface area contributed by atoms with Crippen molar-refractivity contribution in [3.63, 3.8) is 0 Å². The summed E-state index contributed by atoms with van der Waals surface area (Å²) in [4.78, 5) is 15.1. The van der Waals surface area contributed by atoms with Gasteiger partial charge in [-0.05, 0) is 45.1 Å². The van der Waals surface area contributed by atoms with E-state index in [-0.39, 0.29) is 23.5 Å². The number of rotatable bonds is 3. The molecule has 136 valence electrons. The molecule has 2 heterocycles. The molecule has 1 saturated carbocycles. The molecule has 0 unspecified atom stereocenters. The highest BCUT2D eigenvalue weighted by Crippen LogP contribution is 2.45. The van der Waals surface area contributed by atoms with E-state index in [4.69, 9.17) is 4.74 Å². The molecule has 1 spiro atoms. The van der Waals surface area contributed by atoms with Crippen molar-refractivity contribution >= 4 is 5.91 Å². The molecule has 1 amide bonds. The molecule has 25 heavy (non-hydrogen) atoms. The zero-order chi connectivity index (χ0) is 17.6. The van der Waals surface area contributed by atoms with Gasteiger partial charge in [-0.2, -0.15) is 0 Å². The maximum absolute atomic E-state index is 12.5. The van der Waals surface area contributed by atoms with Crippen LogP contribution in [0.3, 0.4) is 0 Å². The van der Waals surface area contributed by atoms with Crippen LogP contribution in [-0.4, -0.2) is 35.5 Å². The van der Waals surface area contributed by atoms with Crippen molar-refractivity contribution in [1.82, 2.24) is 10.2 Å². The standard InChI is InChI=1S/C21H30N2O2/c1-14(2)23-10-8-21(9-11-23)13-18(22-20(24)17-12-15(17)3)16-6-4-5-7-19(16)25-21/h4-7,14-15,17-18H,8-13H2,1-3H3,(H,22,24)/t15-,17-,18-/m1/s1. The van der Waals surface area contributed by atoms with Gasteiger partial charge in [0, 0.05) is 37.0 Å². The van der Waals surface area contributed by atoms with Crippen LogP contribution in [0.4, 0.5) is 0 Å². The van der Waals surface area contributed by atoms with E-state index in [0.29, 0.717) is 12.0 Å². The van der Waals surface area contributed by atoms with Crippen molar-refractivity contribution < 1.29 is 9.53 Å². The van der Waals surface area contributed by atoms with Crippen molar-refractivity contribution in [3.05, 3.63) is 29.8 Å². The predicted octanol–water partition coefficient (Wildman–Crippen LogP) is 3.53. The Morgan fingerprint density at radius 3 is 2.60 bits per heavy atom. The molecule has 3 atom stereocenters. The van der Waals surface area contributed by atoms with E-state index in [1.807, 2.05) is 12.1 Å². The van der Waals surface area contributed by atoms with Gasteiger partial charge in [0.15, 0.2) is 0 Å². The zero-order valence-corrected chi connectivity index (χ0v) is 15.6. The first-order valence-corrected chi connectivity index (χ1v) is 9.80. The van der Waals surface area contributed by atoms with Gasteiger partial charge in [-0.25, -0.2) is 0 Å². The van der Waals surface area contributed by atoms with Crippen LogP contribution in [0.1, 0.15) is 58.1 Å². The lowest BCUT2D eigenvalue weighted by molar-refractivity contribution is -0.124. The first-order chi connectivity index (χ1) is 12.0. The predicted molar refractivity (Wildman–Crippen MR) is 98.5 cm³/mol. The molecule has 1 N–H and O–H groups in total. The van der Waals surface area contributed by atoms with E-state index >= 15 is 0 Å². The quantitative estimate of drug-likeness (QED) is 0.914. The third kappa shape index (κ3) is 3.29. The van der Waals surface area contributed by atoms with E-state index in [1.165, 1.54) is 0 Å². The third-order valence-corrected chi connectivity index (χ3v) is 6.40. The first-order valence-electron chi connectivity index (χ1n) is 9.80. The highest BCUT2D eigenvalue weighted by atomic mass is 16.5. The van der Waals surface area contributed by atoms with E-state index in [9.17, 15) is 4.79 Å². The zero-order valence-electron chi connectivity index (χ0n) is 15.6. The number of piperidine rings is 1. The van der Waals surface area contributed by atoms with Crippen LogP contribution in [-0.2, 0) is 4.79 Å². The summed E-state index contributed by atoms with van der Waals surface area (Å²) in [5, 5.41) is 3.34. The Morgan fingerprint density at radius 1 is 1.28 bits per heavy atom. The van der Waals surface area contributed by atoms with Crippen LogP contribution in [0.2, 0.25) is 0 Å². The number of fused-ring (bicyclic) bond motifs is 1. The smallest absolute Gasteiger partial charge is 0.223 e. The Morgan fingerprint density at radius 2 is 1.96 bits per heavy atom. The number of hydrogen-bond acceptors (Lipinski definition) is 3. The van der Waals surface area contributed by atoms with E-state index < -0.39 is 0 Å². The Hall–Kier alpha value is -1.55. The Bertz CT molecular complexity index is 649. The fourth-order valence-electron chi connectivity index (χ4n) is 4.47. The van der Waals surface area contributed by atoms with E-state index in [1.54, 1.807) is 0 Å². The largest absolute Gasteiger partial charge is 0.487 e. The summed E-state index contributed by atoms with van der Waals surface area (Å²) in [7, 11) is 0. The molecule has 0 radical (unpaired) electrons. The summed E-state index contributed by atoms with van der Waals surface area (Å²) >= 11 is 0.